The van der Waals surface area contributed by atoms with E-state index < -0.39 is 0 Å². The lowest BCUT2D eigenvalue weighted by Crippen LogP contribution is -2.43. The van der Waals surface area contributed by atoms with Crippen LogP contribution in [-0.4, -0.2) is 22.5 Å². The number of carbonyl (C=O) groups is 1. The molecule has 0 fully saturated rings. The van der Waals surface area contributed by atoms with Crippen LogP contribution in [0, 0.1) is 6.92 Å². The number of para-hydroxylation sites is 1. The van der Waals surface area contributed by atoms with E-state index in [1.165, 1.54) is 16.5 Å². The van der Waals surface area contributed by atoms with Gasteiger partial charge in [-0.05, 0) is 48.7 Å². The molecular formula is C25H22BrN3O. The molecule has 5 heteroatoms. The Morgan fingerprint density at radius 2 is 1.87 bits per heavy atom. The number of anilines is 1. The summed E-state index contributed by atoms with van der Waals surface area (Å²) in [5, 5.41) is 4.32. The zero-order chi connectivity index (χ0) is 20.7. The van der Waals surface area contributed by atoms with E-state index in [0.717, 1.165) is 33.4 Å². The van der Waals surface area contributed by atoms with Gasteiger partial charge in [-0.2, -0.15) is 0 Å². The summed E-state index contributed by atoms with van der Waals surface area (Å²) >= 11 is 3.47. The van der Waals surface area contributed by atoms with E-state index >= 15 is 0 Å². The second kappa shape index (κ2) is 7.65. The summed E-state index contributed by atoms with van der Waals surface area (Å²) in [6.45, 7) is 2.74. The van der Waals surface area contributed by atoms with Gasteiger partial charge in [0, 0.05) is 33.3 Å². The number of aromatic amines is 1. The van der Waals surface area contributed by atoms with Crippen LogP contribution in [-0.2, 0) is 6.42 Å². The summed E-state index contributed by atoms with van der Waals surface area (Å²) in [4.78, 5) is 18.9. The Kier molecular flexibility index (Phi) is 4.83. The average molecular weight is 460 g/mol. The van der Waals surface area contributed by atoms with Crippen LogP contribution >= 0.6 is 15.9 Å². The predicted octanol–water partition coefficient (Wildman–Crippen LogP) is 6.42. The number of H-pyrrole nitrogens is 1. The number of hydrogen-bond acceptors (Lipinski definition) is 1. The first kappa shape index (κ1) is 18.9. The van der Waals surface area contributed by atoms with Gasteiger partial charge in [-0.25, -0.2) is 4.79 Å². The van der Waals surface area contributed by atoms with E-state index in [1.54, 1.807) is 0 Å². The van der Waals surface area contributed by atoms with E-state index in [9.17, 15) is 4.79 Å². The van der Waals surface area contributed by atoms with Crippen molar-refractivity contribution in [3.05, 3.63) is 99.7 Å². The monoisotopic (exact) mass is 459 g/mol. The van der Waals surface area contributed by atoms with E-state index in [4.69, 9.17) is 0 Å². The Bertz CT molecular complexity index is 1230. The zero-order valence-corrected chi connectivity index (χ0v) is 18.2. The largest absolute Gasteiger partial charge is 0.356 e. The Morgan fingerprint density at radius 1 is 1.07 bits per heavy atom. The van der Waals surface area contributed by atoms with Gasteiger partial charge >= 0.3 is 6.03 Å². The number of urea groups is 1. The van der Waals surface area contributed by atoms with Gasteiger partial charge in [0.2, 0.25) is 0 Å². The van der Waals surface area contributed by atoms with Crippen molar-refractivity contribution in [2.24, 2.45) is 0 Å². The quantitative estimate of drug-likeness (QED) is 0.356. The molecule has 0 unspecified atom stereocenters. The van der Waals surface area contributed by atoms with Gasteiger partial charge in [0.25, 0.3) is 0 Å². The molecule has 3 aromatic carbocycles. The van der Waals surface area contributed by atoms with Gasteiger partial charge in [-0.1, -0.05) is 70.0 Å². The van der Waals surface area contributed by atoms with Crippen LogP contribution in [0.25, 0.3) is 10.9 Å². The van der Waals surface area contributed by atoms with Crippen LogP contribution in [0.1, 0.15) is 28.4 Å². The predicted molar refractivity (Wildman–Crippen MR) is 125 cm³/mol. The number of fused-ring (bicyclic) bond motifs is 3. The van der Waals surface area contributed by atoms with Gasteiger partial charge in [-0.3, -0.25) is 0 Å². The number of nitrogens with one attached hydrogen (secondary N) is 2. The molecule has 0 saturated carbocycles. The van der Waals surface area contributed by atoms with Gasteiger partial charge in [0.1, 0.15) is 0 Å². The molecule has 1 aromatic heterocycles. The molecule has 1 aliphatic rings. The molecule has 0 radical (unpaired) electrons. The number of nitrogens with zero attached hydrogens (tertiary/aromatic N) is 1. The summed E-state index contributed by atoms with van der Waals surface area (Å²) in [5.41, 5.74) is 6.63. The summed E-state index contributed by atoms with van der Waals surface area (Å²) in [7, 11) is 0. The lowest BCUT2D eigenvalue weighted by molar-refractivity contribution is 0.193. The smallest absolute Gasteiger partial charge is 0.322 e. The fourth-order valence-corrected chi connectivity index (χ4v) is 4.72. The van der Waals surface area contributed by atoms with Crippen molar-refractivity contribution >= 4 is 38.6 Å². The number of amides is 2. The third kappa shape index (κ3) is 3.39. The first-order valence-electron chi connectivity index (χ1n) is 10.1. The number of carbonyl (C=O) groups excluding carboxylic acids is 1. The van der Waals surface area contributed by atoms with Crippen molar-refractivity contribution in [2.45, 2.75) is 19.4 Å². The van der Waals surface area contributed by atoms with Crippen molar-refractivity contribution < 1.29 is 4.79 Å². The Morgan fingerprint density at radius 3 is 2.67 bits per heavy atom. The molecule has 4 nitrogen and oxygen atoms in total. The molecule has 5 rings (SSSR count). The van der Waals surface area contributed by atoms with Crippen molar-refractivity contribution in [1.82, 2.24) is 9.88 Å². The molecule has 0 aliphatic carbocycles. The van der Waals surface area contributed by atoms with Crippen molar-refractivity contribution in [3.8, 4) is 0 Å². The molecule has 2 N–H and O–H groups in total. The molecule has 1 atom stereocenters. The molecule has 30 heavy (non-hydrogen) atoms. The van der Waals surface area contributed by atoms with Crippen LogP contribution in [0.2, 0.25) is 0 Å². The summed E-state index contributed by atoms with van der Waals surface area (Å²) in [6.07, 6.45) is 0.827. The molecular weight excluding hydrogens is 438 g/mol. The summed E-state index contributed by atoms with van der Waals surface area (Å²) < 4.78 is 0.937. The highest BCUT2D eigenvalue weighted by atomic mass is 79.9. The third-order valence-electron chi connectivity index (χ3n) is 5.76. The maximum absolute atomic E-state index is 13.3. The number of benzene rings is 3. The zero-order valence-electron chi connectivity index (χ0n) is 16.7. The summed E-state index contributed by atoms with van der Waals surface area (Å²) in [5.74, 6) is 0. The van der Waals surface area contributed by atoms with E-state index in [-0.39, 0.29) is 12.1 Å². The minimum Gasteiger partial charge on any atom is -0.356 e. The van der Waals surface area contributed by atoms with Crippen molar-refractivity contribution in [1.29, 1.82) is 0 Å². The van der Waals surface area contributed by atoms with Crippen LogP contribution in [0.4, 0.5) is 10.5 Å². The highest BCUT2D eigenvalue weighted by Gasteiger charge is 2.34. The number of rotatable bonds is 2. The van der Waals surface area contributed by atoms with Gasteiger partial charge < -0.3 is 15.2 Å². The molecule has 1 aliphatic heterocycles. The Labute approximate surface area is 184 Å². The molecule has 0 spiro atoms. The minimum atomic E-state index is -0.158. The normalized spacial score (nSPS) is 15.8. The first-order chi connectivity index (χ1) is 14.6. The van der Waals surface area contributed by atoms with Crippen LogP contribution in [0.3, 0.4) is 0 Å². The highest BCUT2D eigenvalue weighted by molar-refractivity contribution is 9.10. The maximum atomic E-state index is 13.3. The van der Waals surface area contributed by atoms with Crippen molar-refractivity contribution in [3.63, 3.8) is 0 Å². The fourth-order valence-electron chi connectivity index (χ4n) is 4.32. The highest BCUT2D eigenvalue weighted by Crippen LogP contribution is 2.38. The standard InChI is InChI=1S/C25H22BrN3O/c1-16-9-11-17(12-10-16)24-23-21(20-7-2-3-8-22(20)28-23)13-14-29(24)25(30)27-19-6-4-5-18(26)15-19/h2-12,15,24,28H,13-14H2,1H3,(H,27,30)/t24-/m1/s1. The maximum Gasteiger partial charge on any atom is 0.322 e. The minimum absolute atomic E-state index is 0.0945. The fraction of sp³-hybridized carbons (Fsp3) is 0.160. The Balaban J connectivity index is 1.57. The van der Waals surface area contributed by atoms with Crippen LogP contribution in [0.15, 0.2) is 77.3 Å². The number of aryl methyl sites for hydroxylation is 1. The van der Waals surface area contributed by atoms with E-state index in [1.807, 2.05) is 35.2 Å². The average Bonchev–Trinajstić information content (AvgIpc) is 3.12. The SMILES string of the molecule is Cc1ccc([C@@H]2c3[nH]c4ccccc4c3CCN2C(=O)Nc2cccc(Br)c2)cc1. The molecule has 2 heterocycles. The molecule has 0 bridgehead atoms. The topological polar surface area (TPSA) is 48.1 Å². The van der Waals surface area contributed by atoms with Gasteiger partial charge in [0.05, 0.1) is 6.04 Å². The second-order valence-corrected chi connectivity index (χ2v) is 8.68. The van der Waals surface area contributed by atoms with Crippen molar-refractivity contribution in [2.75, 3.05) is 11.9 Å². The van der Waals surface area contributed by atoms with Crippen LogP contribution < -0.4 is 5.32 Å². The van der Waals surface area contributed by atoms with E-state index in [2.05, 4.69) is 75.6 Å². The molecule has 0 saturated heterocycles. The van der Waals surface area contributed by atoms with Gasteiger partial charge in [-0.15, -0.1) is 0 Å². The number of aromatic nitrogens is 1. The van der Waals surface area contributed by atoms with Gasteiger partial charge in [0.15, 0.2) is 0 Å². The first-order valence-corrected chi connectivity index (χ1v) is 10.9. The van der Waals surface area contributed by atoms with Crippen LogP contribution in [0.5, 0.6) is 0 Å². The molecule has 4 aromatic rings. The number of halogens is 1. The third-order valence-corrected chi connectivity index (χ3v) is 6.26. The Hall–Kier alpha value is -3.05. The number of hydrogen-bond donors (Lipinski definition) is 2. The van der Waals surface area contributed by atoms with E-state index in [0.29, 0.717) is 6.54 Å². The summed E-state index contributed by atoms with van der Waals surface area (Å²) in [6, 6.07) is 24.3. The lowest BCUT2D eigenvalue weighted by atomic mass is 9.92. The lowest BCUT2D eigenvalue weighted by Gasteiger charge is -2.36. The molecule has 2 amide bonds. The second-order valence-electron chi connectivity index (χ2n) is 7.76. The molecule has 150 valence electrons.